The summed E-state index contributed by atoms with van der Waals surface area (Å²) in [5.41, 5.74) is 1.21. The first-order valence-electron chi connectivity index (χ1n) is 6.77. The average molecular weight is 278 g/mol. The number of hydrogen-bond acceptors (Lipinski definition) is 3. The predicted molar refractivity (Wildman–Crippen MR) is 75.3 cm³/mol. The molecular formula is C16H19FO3. The van der Waals surface area contributed by atoms with Crippen molar-refractivity contribution in [2.75, 3.05) is 7.11 Å². The Hall–Kier alpha value is -1.84. The van der Waals surface area contributed by atoms with Crippen molar-refractivity contribution in [1.29, 1.82) is 0 Å². The number of esters is 1. The van der Waals surface area contributed by atoms with E-state index in [9.17, 15) is 9.18 Å². The van der Waals surface area contributed by atoms with Crippen LogP contribution in [0, 0.1) is 5.82 Å². The van der Waals surface area contributed by atoms with Crippen molar-refractivity contribution in [2.24, 2.45) is 0 Å². The first-order valence-corrected chi connectivity index (χ1v) is 6.77. The molecule has 20 heavy (non-hydrogen) atoms. The molecule has 1 saturated carbocycles. The summed E-state index contributed by atoms with van der Waals surface area (Å²) < 4.78 is 24.6. The maximum atomic E-state index is 14.2. The van der Waals surface area contributed by atoms with Crippen molar-refractivity contribution >= 4 is 11.5 Å². The van der Waals surface area contributed by atoms with E-state index in [0.717, 1.165) is 31.3 Å². The molecule has 1 fully saturated rings. The number of carbonyl (C=O) groups is 1. The average Bonchev–Trinajstić information content (AvgIpc) is 2.90. The van der Waals surface area contributed by atoms with Gasteiger partial charge in [-0.05, 0) is 50.3 Å². The highest BCUT2D eigenvalue weighted by Gasteiger charge is 2.24. The number of methoxy groups -OCH3 is 1. The zero-order valence-corrected chi connectivity index (χ0v) is 11.9. The Morgan fingerprint density at radius 3 is 2.55 bits per heavy atom. The van der Waals surface area contributed by atoms with E-state index >= 15 is 0 Å². The maximum Gasteiger partial charge on any atom is 0.344 e. The molecule has 108 valence electrons. The topological polar surface area (TPSA) is 35.5 Å². The first-order chi connectivity index (χ1) is 9.52. The van der Waals surface area contributed by atoms with Crippen LogP contribution in [0.15, 0.2) is 18.7 Å². The van der Waals surface area contributed by atoms with Gasteiger partial charge in [0.25, 0.3) is 0 Å². The molecule has 1 aromatic carbocycles. The lowest BCUT2D eigenvalue weighted by atomic mass is 10.0. The second-order valence-corrected chi connectivity index (χ2v) is 5.13. The van der Waals surface area contributed by atoms with Crippen molar-refractivity contribution in [3.63, 3.8) is 0 Å². The van der Waals surface area contributed by atoms with E-state index in [-0.39, 0.29) is 17.4 Å². The standard InChI is InChI=1S/C16H19FO3/c1-10(2)11-8-13(17)15(16(18)19-3)14(9-11)20-12-6-4-5-7-12/h8-9,12H,1,4-7H2,2-3H3. The Labute approximate surface area is 118 Å². The molecule has 0 unspecified atom stereocenters. The van der Waals surface area contributed by atoms with Gasteiger partial charge in [0.2, 0.25) is 0 Å². The van der Waals surface area contributed by atoms with E-state index < -0.39 is 11.8 Å². The smallest absolute Gasteiger partial charge is 0.344 e. The minimum absolute atomic E-state index is 0.0400. The van der Waals surface area contributed by atoms with Gasteiger partial charge in [-0.1, -0.05) is 12.2 Å². The molecule has 2 rings (SSSR count). The summed E-state index contributed by atoms with van der Waals surface area (Å²) in [5, 5.41) is 0. The van der Waals surface area contributed by atoms with E-state index in [1.54, 1.807) is 13.0 Å². The van der Waals surface area contributed by atoms with E-state index in [0.29, 0.717) is 5.56 Å². The molecule has 0 aromatic heterocycles. The van der Waals surface area contributed by atoms with Crippen LogP contribution in [0.25, 0.3) is 5.57 Å². The second-order valence-electron chi connectivity index (χ2n) is 5.13. The van der Waals surface area contributed by atoms with Gasteiger partial charge in [-0.2, -0.15) is 0 Å². The highest BCUT2D eigenvalue weighted by atomic mass is 19.1. The van der Waals surface area contributed by atoms with E-state index in [4.69, 9.17) is 4.74 Å². The number of halogens is 1. The molecule has 1 aromatic rings. The molecule has 4 heteroatoms. The van der Waals surface area contributed by atoms with Crippen LogP contribution < -0.4 is 4.74 Å². The normalized spacial score (nSPS) is 15.2. The molecule has 3 nitrogen and oxygen atoms in total. The molecule has 0 bridgehead atoms. The lowest BCUT2D eigenvalue weighted by Gasteiger charge is -2.17. The van der Waals surface area contributed by atoms with Gasteiger partial charge in [0.15, 0.2) is 0 Å². The van der Waals surface area contributed by atoms with Crippen LogP contribution in [0.4, 0.5) is 4.39 Å². The summed E-state index contributed by atoms with van der Waals surface area (Å²) in [6.07, 6.45) is 4.10. The summed E-state index contributed by atoms with van der Waals surface area (Å²) in [4.78, 5) is 11.7. The van der Waals surface area contributed by atoms with Gasteiger partial charge in [0.05, 0.1) is 13.2 Å². The van der Waals surface area contributed by atoms with E-state index in [1.165, 1.54) is 13.2 Å². The van der Waals surface area contributed by atoms with Crippen LogP contribution >= 0.6 is 0 Å². The fourth-order valence-electron chi connectivity index (χ4n) is 2.41. The number of carbonyl (C=O) groups excluding carboxylic acids is 1. The molecule has 1 aliphatic carbocycles. The van der Waals surface area contributed by atoms with E-state index in [1.807, 2.05) is 0 Å². The number of ether oxygens (including phenoxy) is 2. The molecule has 0 N–H and O–H groups in total. The number of allylic oxidation sites excluding steroid dienone is 1. The highest BCUT2D eigenvalue weighted by Crippen LogP contribution is 2.31. The maximum absolute atomic E-state index is 14.2. The summed E-state index contributed by atoms with van der Waals surface area (Å²) in [6.45, 7) is 5.58. The fraction of sp³-hybridized carbons (Fsp3) is 0.438. The molecular weight excluding hydrogens is 259 g/mol. The minimum Gasteiger partial charge on any atom is -0.489 e. The Morgan fingerprint density at radius 2 is 2.00 bits per heavy atom. The van der Waals surface area contributed by atoms with Crippen LogP contribution in [0.2, 0.25) is 0 Å². The highest BCUT2D eigenvalue weighted by molar-refractivity contribution is 5.93. The van der Waals surface area contributed by atoms with Gasteiger partial charge in [-0.15, -0.1) is 0 Å². The third-order valence-corrected chi connectivity index (χ3v) is 3.53. The zero-order chi connectivity index (χ0) is 14.7. The molecule has 0 amide bonds. The second kappa shape index (κ2) is 6.07. The Kier molecular flexibility index (Phi) is 4.42. The quantitative estimate of drug-likeness (QED) is 0.782. The SMILES string of the molecule is C=C(C)c1cc(F)c(C(=O)OC)c(OC2CCCC2)c1. The number of rotatable bonds is 4. The van der Waals surface area contributed by atoms with E-state index in [2.05, 4.69) is 11.3 Å². The van der Waals surface area contributed by atoms with Gasteiger partial charge >= 0.3 is 5.97 Å². The Morgan fingerprint density at radius 1 is 1.35 bits per heavy atom. The largest absolute Gasteiger partial charge is 0.489 e. The first kappa shape index (κ1) is 14.6. The van der Waals surface area contributed by atoms with Gasteiger partial charge in [0, 0.05) is 0 Å². The lowest BCUT2D eigenvalue weighted by molar-refractivity contribution is 0.0587. The summed E-state index contributed by atoms with van der Waals surface area (Å²) in [6, 6.07) is 2.95. The Bertz CT molecular complexity index is 531. The molecule has 0 saturated heterocycles. The third-order valence-electron chi connectivity index (χ3n) is 3.53. The number of benzene rings is 1. The van der Waals surface area contributed by atoms with Crippen molar-refractivity contribution in [2.45, 2.75) is 38.7 Å². The fourth-order valence-corrected chi connectivity index (χ4v) is 2.41. The van der Waals surface area contributed by atoms with Crippen LogP contribution in [-0.2, 0) is 4.74 Å². The monoisotopic (exact) mass is 278 g/mol. The van der Waals surface area contributed by atoms with Crippen LogP contribution in [-0.4, -0.2) is 19.2 Å². The van der Waals surface area contributed by atoms with Crippen LogP contribution in [0.5, 0.6) is 5.75 Å². The number of hydrogen-bond donors (Lipinski definition) is 0. The predicted octanol–water partition coefficient (Wildman–Crippen LogP) is 3.97. The third kappa shape index (κ3) is 3.00. The molecule has 1 aliphatic rings. The van der Waals surface area contributed by atoms with Crippen molar-refractivity contribution < 1.29 is 18.7 Å². The zero-order valence-electron chi connectivity index (χ0n) is 11.9. The molecule has 0 spiro atoms. The lowest BCUT2D eigenvalue weighted by Crippen LogP contribution is -2.16. The molecule has 0 aliphatic heterocycles. The summed E-state index contributed by atoms with van der Waals surface area (Å²) in [7, 11) is 1.23. The van der Waals surface area contributed by atoms with Gasteiger partial charge in [-0.25, -0.2) is 9.18 Å². The summed E-state index contributed by atoms with van der Waals surface area (Å²) >= 11 is 0. The van der Waals surface area contributed by atoms with Crippen molar-refractivity contribution in [3.05, 3.63) is 35.7 Å². The van der Waals surface area contributed by atoms with Gasteiger partial charge < -0.3 is 9.47 Å². The Balaban J connectivity index is 2.42. The van der Waals surface area contributed by atoms with Crippen LogP contribution in [0.3, 0.4) is 0 Å². The van der Waals surface area contributed by atoms with Crippen molar-refractivity contribution in [3.8, 4) is 5.75 Å². The van der Waals surface area contributed by atoms with Crippen molar-refractivity contribution in [1.82, 2.24) is 0 Å². The van der Waals surface area contributed by atoms with Gasteiger partial charge in [0.1, 0.15) is 17.1 Å². The summed E-state index contributed by atoms with van der Waals surface area (Å²) in [5.74, 6) is -1.10. The molecule has 0 heterocycles. The molecule has 0 radical (unpaired) electrons. The minimum atomic E-state index is -0.719. The molecule has 0 atom stereocenters. The van der Waals surface area contributed by atoms with Crippen LogP contribution in [0.1, 0.15) is 48.5 Å². The van der Waals surface area contributed by atoms with Gasteiger partial charge in [-0.3, -0.25) is 0 Å².